The molecule has 7 heteroatoms. The van der Waals surface area contributed by atoms with Gasteiger partial charge in [0.1, 0.15) is 5.76 Å². The minimum absolute atomic E-state index is 0.0222. The lowest BCUT2D eigenvalue weighted by atomic mass is 9.87. The molecule has 6 rings (SSSR count). The van der Waals surface area contributed by atoms with Crippen molar-refractivity contribution in [2.24, 2.45) is 5.92 Å². The lowest BCUT2D eigenvalue weighted by molar-refractivity contribution is 0.0631. The summed E-state index contributed by atoms with van der Waals surface area (Å²) in [6.07, 6.45) is 7.59. The Balaban J connectivity index is 1.41. The van der Waals surface area contributed by atoms with Crippen LogP contribution in [0.2, 0.25) is 0 Å². The van der Waals surface area contributed by atoms with Crippen molar-refractivity contribution in [1.82, 2.24) is 24.7 Å². The normalized spacial score (nSPS) is 25.8. The smallest absolute Gasteiger partial charge is 0.277 e. The van der Waals surface area contributed by atoms with E-state index >= 15 is 0 Å². The molecule has 1 saturated heterocycles. The van der Waals surface area contributed by atoms with Gasteiger partial charge in [-0.3, -0.25) is 4.79 Å². The first-order valence-corrected chi connectivity index (χ1v) is 10.2. The Morgan fingerprint density at radius 2 is 2.14 bits per heavy atom. The molecule has 0 N–H and O–H groups in total. The molecule has 0 saturated carbocycles. The predicted molar refractivity (Wildman–Crippen MR) is 101 cm³/mol. The van der Waals surface area contributed by atoms with Gasteiger partial charge in [-0.2, -0.15) is 5.10 Å². The third-order valence-electron chi connectivity index (χ3n) is 6.75. The zero-order chi connectivity index (χ0) is 19.0. The highest BCUT2D eigenvalue weighted by Crippen LogP contribution is 2.44. The van der Waals surface area contributed by atoms with Crippen LogP contribution in [0, 0.1) is 12.8 Å². The number of amides is 1. The zero-order valence-electron chi connectivity index (χ0n) is 16.2. The van der Waals surface area contributed by atoms with Gasteiger partial charge in [0.25, 0.3) is 5.91 Å². The molecule has 1 aliphatic carbocycles. The van der Waals surface area contributed by atoms with E-state index in [1.54, 1.807) is 0 Å². The van der Waals surface area contributed by atoms with Gasteiger partial charge in [0, 0.05) is 42.3 Å². The minimum Gasteiger partial charge on any atom is -0.360 e. The summed E-state index contributed by atoms with van der Waals surface area (Å²) in [7, 11) is 0. The lowest BCUT2D eigenvalue weighted by Crippen LogP contribution is -2.43. The molecule has 3 aliphatic rings. The number of carbonyl (C=O) groups is 1. The van der Waals surface area contributed by atoms with E-state index in [1.165, 1.54) is 5.69 Å². The average molecular weight is 377 g/mol. The van der Waals surface area contributed by atoms with Crippen LogP contribution in [0.15, 0.2) is 16.8 Å². The van der Waals surface area contributed by atoms with Gasteiger partial charge in [-0.1, -0.05) is 12.1 Å². The first-order valence-electron chi connectivity index (χ1n) is 10.2. The number of aryl methyl sites for hydroxylation is 2. The molecule has 0 unspecified atom stereocenters. The van der Waals surface area contributed by atoms with Crippen molar-refractivity contribution in [1.29, 1.82) is 0 Å². The Bertz CT molecular complexity index is 1110. The molecule has 2 aliphatic heterocycles. The largest absolute Gasteiger partial charge is 0.360 e. The van der Waals surface area contributed by atoms with Crippen molar-refractivity contribution < 1.29 is 9.32 Å². The Morgan fingerprint density at radius 1 is 1.25 bits per heavy atom. The third-order valence-corrected chi connectivity index (χ3v) is 6.75. The maximum absolute atomic E-state index is 13.5. The molecular formula is C21H23N5O2. The molecule has 1 fully saturated rings. The highest BCUT2D eigenvalue weighted by molar-refractivity contribution is 5.95. The Morgan fingerprint density at radius 3 is 3.04 bits per heavy atom. The van der Waals surface area contributed by atoms with E-state index in [9.17, 15) is 4.79 Å². The van der Waals surface area contributed by atoms with E-state index in [-0.39, 0.29) is 18.0 Å². The standard InChI is InChI=1S/C21H23N5O2/c1-11-3-6-18-14(7-11)20(24-28-18)21(27)25-13-4-5-16(25)15-10-22-19-8-12(2)23-26(19)17(15)9-13/h8,10-11,13,16H,3-7,9H2,1-2H3/t11-,13-,16-/m1/s1. The van der Waals surface area contributed by atoms with Gasteiger partial charge < -0.3 is 9.42 Å². The highest BCUT2D eigenvalue weighted by atomic mass is 16.5. The molecule has 0 radical (unpaired) electrons. The fraction of sp³-hybridized carbons (Fsp3) is 0.524. The number of rotatable bonds is 1. The van der Waals surface area contributed by atoms with E-state index in [0.29, 0.717) is 11.6 Å². The summed E-state index contributed by atoms with van der Waals surface area (Å²) in [5.41, 5.74) is 5.75. The highest BCUT2D eigenvalue weighted by Gasteiger charge is 2.45. The molecule has 144 valence electrons. The van der Waals surface area contributed by atoms with E-state index in [2.05, 4.69) is 22.2 Å². The van der Waals surface area contributed by atoms with E-state index in [1.807, 2.05) is 28.6 Å². The predicted octanol–water partition coefficient (Wildman–Crippen LogP) is 3.05. The summed E-state index contributed by atoms with van der Waals surface area (Å²) in [6, 6.07) is 2.24. The van der Waals surface area contributed by atoms with Crippen molar-refractivity contribution in [3.05, 3.63) is 46.2 Å². The zero-order valence-corrected chi connectivity index (χ0v) is 16.2. The summed E-state index contributed by atoms with van der Waals surface area (Å²) in [5, 5.41) is 8.85. The molecule has 0 spiro atoms. The second-order valence-corrected chi connectivity index (χ2v) is 8.66. The maximum atomic E-state index is 13.5. The number of carbonyl (C=O) groups excluding carboxylic acids is 1. The van der Waals surface area contributed by atoms with Gasteiger partial charge in [-0.05, 0) is 38.5 Å². The van der Waals surface area contributed by atoms with Crippen molar-refractivity contribution in [3.63, 3.8) is 0 Å². The Kier molecular flexibility index (Phi) is 3.29. The van der Waals surface area contributed by atoms with Crippen molar-refractivity contribution in [2.45, 2.75) is 64.5 Å². The monoisotopic (exact) mass is 377 g/mol. The number of nitrogens with zero attached hydrogens (tertiary/aromatic N) is 5. The van der Waals surface area contributed by atoms with Gasteiger partial charge in [-0.25, -0.2) is 9.50 Å². The molecular weight excluding hydrogens is 354 g/mol. The summed E-state index contributed by atoms with van der Waals surface area (Å²) < 4.78 is 7.51. The molecule has 3 aromatic rings. The van der Waals surface area contributed by atoms with Crippen LogP contribution in [-0.2, 0) is 19.3 Å². The van der Waals surface area contributed by atoms with Crippen molar-refractivity contribution >= 4 is 11.6 Å². The number of hydrogen-bond acceptors (Lipinski definition) is 5. The molecule has 0 aromatic carbocycles. The SMILES string of the molecule is Cc1cc2ncc3c(n2n1)C[C@H]1CC[C@H]3N1C(=O)c1noc2c1C[C@H](C)CC2. The van der Waals surface area contributed by atoms with Gasteiger partial charge in [-0.15, -0.1) is 0 Å². The van der Waals surface area contributed by atoms with Crippen LogP contribution in [0.4, 0.5) is 0 Å². The number of hydrogen-bond donors (Lipinski definition) is 0. The van der Waals surface area contributed by atoms with Gasteiger partial charge >= 0.3 is 0 Å². The van der Waals surface area contributed by atoms with Crippen LogP contribution in [0.3, 0.4) is 0 Å². The number of fused-ring (bicyclic) bond motifs is 7. The van der Waals surface area contributed by atoms with Crippen LogP contribution in [0.1, 0.15) is 71.0 Å². The quantitative estimate of drug-likeness (QED) is 0.651. The van der Waals surface area contributed by atoms with Crippen molar-refractivity contribution in [2.75, 3.05) is 0 Å². The van der Waals surface area contributed by atoms with Crippen LogP contribution in [0.5, 0.6) is 0 Å². The Labute approximate surface area is 162 Å². The average Bonchev–Trinajstić information content (AvgIpc) is 3.35. The van der Waals surface area contributed by atoms with Crippen molar-refractivity contribution in [3.8, 4) is 0 Å². The molecule has 7 nitrogen and oxygen atoms in total. The molecule has 3 aromatic heterocycles. The van der Waals surface area contributed by atoms with E-state index < -0.39 is 0 Å². The Hall–Kier alpha value is -2.70. The van der Waals surface area contributed by atoms with Crippen LogP contribution in [0.25, 0.3) is 5.65 Å². The minimum atomic E-state index is 0.0222. The second-order valence-electron chi connectivity index (χ2n) is 8.66. The topological polar surface area (TPSA) is 76.5 Å². The van der Waals surface area contributed by atoms with Crippen LogP contribution >= 0.6 is 0 Å². The summed E-state index contributed by atoms with van der Waals surface area (Å²) in [4.78, 5) is 20.2. The van der Waals surface area contributed by atoms with E-state index in [4.69, 9.17) is 4.52 Å². The molecule has 3 atom stereocenters. The lowest BCUT2D eigenvalue weighted by Gasteiger charge is -2.36. The first kappa shape index (κ1) is 16.3. The molecule has 2 bridgehead atoms. The summed E-state index contributed by atoms with van der Waals surface area (Å²) >= 11 is 0. The summed E-state index contributed by atoms with van der Waals surface area (Å²) in [6.45, 7) is 4.22. The van der Waals surface area contributed by atoms with Gasteiger partial charge in [0.15, 0.2) is 11.3 Å². The molecule has 5 heterocycles. The molecule has 1 amide bonds. The fourth-order valence-corrected chi connectivity index (χ4v) is 5.38. The third kappa shape index (κ3) is 2.16. The van der Waals surface area contributed by atoms with Gasteiger partial charge in [0.2, 0.25) is 0 Å². The second kappa shape index (κ2) is 5.65. The summed E-state index contributed by atoms with van der Waals surface area (Å²) in [5.74, 6) is 1.49. The fourth-order valence-electron chi connectivity index (χ4n) is 5.38. The van der Waals surface area contributed by atoms with E-state index in [0.717, 1.165) is 66.8 Å². The first-order chi connectivity index (χ1) is 13.6. The number of aromatic nitrogens is 4. The molecule has 28 heavy (non-hydrogen) atoms. The van der Waals surface area contributed by atoms with Crippen LogP contribution < -0.4 is 0 Å². The van der Waals surface area contributed by atoms with Gasteiger partial charge in [0.05, 0.1) is 17.4 Å². The van der Waals surface area contributed by atoms with Crippen LogP contribution in [-0.4, -0.2) is 36.6 Å². The maximum Gasteiger partial charge on any atom is 0.277 e.